The average molecular weight is 421 g/mol. The van der Waals surface area contributed by atoms with Crippen molar-refractivity contribution in [3.05, 3.63) is 54.1 Å². The topological polar surface area (TPSA) is 74.2 Å². The van der Waals surface area contributed by atoms with Gasteiger partial charge in [0.15, 0.2) is 0 Å². The molecule has 2 amide bonds. The van der Waals surface area contributed by atoms with Crippen molar-refractivity contribution in [2.45, 2.75) is 38.6 Å². The summed E-state index contributed by atoms with van der Waals surface area (Å²) in [4.78, 5) is 27.5. The standard InChI is InChI=1S/C24H28N4O3/c1-17-4-3-5-20(16-17)28-23(29)11-10-22(26-28)24(30)25-18-12-14-27(15-13-18)19-6-8-21(31-2)9-7-19/h3-9,16,18H,10-15H2,1-2H3,(H,25,30). The number of ether oxygens (including phenoxy) is 1. The molecule has 1 N–H and O–H groups in total. The summed E-state index contributed by atoms with van der Waals surface area (Å²) in [5, 5.41) is 8.87. The lowest BCUT2D eigenvalue weighted by Gasteiger charge is -2.34. The van der Waals surface area contributed by atoms with Crippen LogP contribution < -0.4 is 20.0 Å². The summed E-state index contributed by atoms with van der Waals surface area (Å²) in [7, 11) is 1.66. The maximum atomic E-state index is 12.8. The van der Waals surface area contributed by atoms with Gasteiger partial charge in [-0.05, 0) is 61.7 Å². The number of nitrogens with one attached hydrogen (secondary N) is 1. The number of piperidine rings is 1. The van der Waals surface area contributed by atoms with E-state index < -0.39 is 0 Å². The quantitative estimate of drug-likeness (QED) is 0.806. The molecule has 2 aromatic carbocycles. The minimum atomic E-state index is -0.173. The van der Waals surface area contributed by atoms with Crippen molar-refractivity contribution in [2.24, 2.45) is 5.10 Å². The number of hydrazone groups is 1. The smallest absolute Gasteiger partial charge is 0.267 e. The molecule has 0 atom stereocenters. The van der Waals surface area contributed by atoms with Crippen LogP contribution in [0.5, 0.6) is 5.75 Å². The third-order valence-corrected chi connectivity index (χ3v) is 5.81. The van der Waals surface area contributed by atoms with Gasteiger partial charge in [0, 0.05) is 37.7 Å². The molecule has 162 valence electrons. The van der Waals surface area contributed by atoms with Gasteiger partial charge < -0.3 is 15.0 Å². The van der Waals surface area contributed by atoms with Crippen LogP contribution >= 0.6 is 0 Å². The van der Waals surface area contributed by atoms with Crippen LogP contribution in [0.1, 0.15) is 31.2 Å². The molecule has 2 heterocycles. The zero-order valence-corrected chi connectivity index (χ0v) is 18.0. The summed E-state index contributed by atoms with van der Waals surface area (Å²) in [6, 6.07) is 15.7. The molecular formula is C24H28N4O3. The number of benzene rings is 2. The molecule has 2 aliphatic heterocycles. The molecule has 0 bridgehead atoms. The van der Waals surface area contributed by atoms with Crippen molar-refractivity contribution < 1.29 is 14.3 Å². The van der Waals surface area contributed by atoms with Crippen LogP contribution in [-0.2, 0) is 9.59 Å². The van der Waals surface area contributed by atoms with Gasteiger partial charge in [-0.3, -0.25) is 9.59 Å². The van der Waals surface area contributed by atoms with Crippen LogP contribution in [0.3, 0.4) is 0 Å². The lowest BCUT2D eigenvalue weighted by molar-refractivity contribution is -0.119. The summed E-state index contributed by atoms with van der Waals surface area (Å²) in [6.07, 6.45) is 2.39. The Kier molecular flexibility index (Phi) is 6.21. The first-order valence-corrected chi connectivity index (χ1v) is 10.7. The Morgan fingerprint density at radius 3 is 2.48 bits per heavy atom. The maximum Gasteiger partial charge on any atom is 0.267 e. The molecule has 0 radical (unpaired) electrons. The van der Waals surface area contributed by atoms with E-state index in [2.05, 4.69) is 27.5 Å². The molecule has 1 saturated heterocycles. The van der Waals surface area contributed by atoms with E-state index >= 15 is 0 Å². The van der Waals surface area contributed by atoms with Gasteiger partial charge in [0.25, 0.3) is 5.91 Å². The van der Waals surface area contributed by atoms with Crippen molar-refractivity contribution in [3.8, 4) is 5.75 Å². The van der Waals surface area contributed by atoms with Crippen molar-refractivity contribution in [1.29, 1.82) is 0 Å². The first-order chi connectivity index (χ1) is 15.0. The zero-order chi connectivity index (χ0) is 21.8. The van der Waals surface area contributed by atoms with Crippen molar-refractivity contribution >= 4 is 28.9 Å². The number of aryl methyl sites for hydroxylation is 1. The number of rotatable bonds is 5. The molecule has 0 spiro atoms. The predicted molar refractivity (Wildman–Crippen MR) is 122 cm³/mol. The minimum Gasteiger partial charge on any atom is -0.497 e. The van der Waals surface area contributed by atoms with E-state index in [4.69, 9.17) is 4.74 Å². The van der Waals surface area contributed by atoms with Crippen molar-refractivity contribution in [2.75, 3.05) is 30.1 Å². The number of carbonyl (C=O) groups is 2. The molecule has 4 rings (SSSR count). The lowest BCUT2D eigenvalue weighted by atomic mass is 10.0. The Bertz CT molecular complexity index is 979. The molecule has 0 aromatic heterocycles. The number of amides is 2. The second-order valence-electron chi connectivity index (χ2n) is 8.02. The lowest BCUT2D eigenvalue weighted by Crippen LogP contribution is -2.48. The molecule has 0 unspecified atom stereocenters. The fourth-order valence-electron chi connectivity index (χ4n) is 4.02. The fourth-order valence-corrected chi connectivity index (χ4v) is 4.02. The normalized spacial score (nSPS) is 17.4. The number of hydrogen-bond donors (Lipinski definition) is 1. The van der Waals surface area contributed by atoms with Crippen LogP contribution in [0.2, 0.25) is 0 Å². The van der Waals surface area contributed by atoms with Crippen LogP contribution in [0, 0.1) is 6.92 Å². The Balaban J connectivity index is 1.36. The number of nitrogens with zero attached hydrogens (tertiary/aromatic N) is 3. The summed E-state index contributed by atoms with van der Waals surface area (Å²) in [6.45, 7) is 3.71. The van der Waals surface area contributed by atoms with Crippen LogP contribution in [0.4, 0.5) is 11.4 Å². The molecule has 2 aromatic rings. The summed E-state index contributed by atoms with van der Waals surface area (Å²) in [5.74, 6) is 0.584. The van der Waals surface area contributed by atoms with E-state index in [1.54, 1.807) is 7.11 Å². The van der Waals surface area contributed by atoms with E-state index in [-0.39, 0.29) is 24.3 Å². The fraction of sp³-hybridized carbons (Fsp3) is 0.375. The van der Waals surface area contributed by atoms with Gasteiger partial charge in [-0.1, -0.05) is 12.1 Å². The summed E-state index contributed by atoms with van der Waals surface area (Å²) >= 11 is 0. The van der Waals surface area contributed by atoms with E-state index in [1.165, 1.54) is 5.01 Å². The van der Waals surface area contributed by atoms with E-state index in [0.717, 1.165) is 42.9 Å². The van der Waals surface area contributed by atoms with Gasteiger partial charge in [-0.2, -0.15) is 5.10 Å². The highest BCUT2D eigenvalue weighted by atomic mass is 16.5. The highest BCUT2D eigenvalue weighted by Gasteiger charge is 2.28. The number of hydrogen-bond acceptors (Lipinski definition) is 5. The van der Waals surface area contributed by atoms with Gasteiger partial charge in [-0.25, -0.2) is 5.01 Å². The Hall–Kier alpha value is -3.35. The van der Waals surface area contributed by atoms with Gasteiger partial charge in [0.1, 0.15) is 11.5 Å². The first kappa shape index (κ1) is 20.9. The summed E-state index contributed by atoms with van der Waals surface area (Å²) < 4.78 is 5.22. The van der Waals surface area contributed by atoms with E-state index in [1.807, 2.05) is 43.3 Å². The third-order valence-electron chi connectivity index (χ3n) is 5.81. The van der Waals surface area contributed by atoms with Gasteiger partial charge in [-0.15, -0.1) is 0 Å². The van der Waals surface area contributed by atoms with Crippen LogP contribution in [0.25, 0.3) is 0 Å². The number of anilines is 2. The van der Waals surface area contributed by atoms with Crippen LogP contribution in [0.15, 0.2) is 53.6 Å². The molecule has 0 aliphatic carbocycles. The van der Waals surface area contributed by atoms with Gasteiger partial charge in [0.2, 0.25) is 5.91 Å². The Morgan fingerprint density at radius 2 is 1.81 bits per heavy atom. The monoisotopic (exact) mass is 420 g/mol. The second-order valence-corrected chi connectivity index (χ2v) is 8.02. The highest BCUT2D eigenvalue weighted by molar-refractivity contribution is 6.40. The number of methoxy groups -OCH3 is 1. The largest absolute Gasteiger partial charge is 0.497 e. The van der Waals surface area contributed by atoms with Gasteiger partial charge in [0.05, 0.1) is 12.8 Å². The molecule has 7 heteroatoms. The van der Waals surface area contributed by atoms with Crippen LogP contribution in [-0.4, -0.2) is 43.8 Å². The molecule has 7 nitrogen and oxygen atoms in total. The maximum absolute atomic E-state index is 12.8. The second kappa shape index (κ2) is 9.20. The number of carbonyl (C=O) groups excluding carboxylic acids is 2. The third kappa shape index (κ3) is 4.87. The minimum absolute atomic E-state index is 0.0880. The molecule has 0 saturated carbocycles. The summed E-state index contributed by atoms with van der Waals surface area (Å²) in [5.41, 5.74) is 3.32. The zero-order valence-electron chi connectivity index (χ0n) is 18.0. The average Bonchev–Trinajstić information content (AvgIpc) is 2.80. The molecule has 31 heavy (non-hydrogen) atoms. The van der Waals surface area contributed by atoms with E-state index in [0.29, 0.717) is 17.8 Å². The SMILES string of the molecule is COc1ccc(N2CCC(NC(=O)C3=NN(c4cccc(C)c4)C(=O)CC3)CC2)cc1. The van der Waals surface area contributed by atoms with E-state index in [9.17, 15) is 9.59 Å². The molecule has 2 aliphatic rings. The highest BCUT2D eigenvalue weighted by Crippen LogP contribution is 2.24. The predicted octanol–water partition coefficient (Wildman–Crippen LogP) is 3.27. The van der Waals surface area contributed by atoms with Gasteiger partial charge >= 0.3 is 0 Å². The Morgan fingerprint density at radius 1 is 1.06 bits per heavy atom. The molecular weight excluding hydrogens is 392 g/mol. The van der Waals surface area contributed by atoms with Crippen molar-refractivity contribution in [1.82, 2.24) is 5.32 Å². The molecule has 1 fully saturated rings. The van der Waals surface area contributed by atoms with Crippen molar-refractivity contribution in [3.63, 3.8) is 0 Å². The first-order valence-electron chi connectivity index (χ1n) is 10.7. The Labute approximate surface area is 182 Å².